The third-order valence-corrected chi connectivity index (χ3v) is 3.24. The Bertz CT molecular complexity index is 374. The minimum atomic E-state index is 0.783. The molecule has 4 nitrogen and oxygen atoms in total. The van der Waals surface area contributed by atoms with Gasteiger partial charge in [0.1, 0.15) is 0 Å². The van der Waals surface area contributed by atoms with Gasteiger partial charge in [0.05, 0.1) is 14.2 Å². The molecule has 1 aromatic rings. The van der Waals surface area contributed by atoms with Gasteiger partial charge in [0.2, 0.25) is 0 Å². The Hall–Kier alpha value is -1.42. The largest absolute Gasteiger partial charge is 0.493 e. The number of anilines is 1. The zero-order valence-electron chi connectivity index (χ0n) is 10.8. The number of hydrogen-bond donors (Lipinski definition) is 0. The molecule has 0 radical (unpaired) electrons. The zero-order chi connectivity index (χ0) is 12.3. The third-order valence-electron chi connectivity index (χ3n) is 3.24. The number of piperazine rings is 1. The molecule has 0 aromatic heterocycles. The fourth-order valence-electron chi connectivity index (χ4n) is 2.09. The van der Waals surface area contributed by atoms with Crippen molar-refractivity contribution in [1.82, 2.24) is 4.90 Å². The Morgan fingerprint density at radius 2 is 1.59 bits per heavy atom. The highest BCUT2D eigenvalue weighted by Crippen LogP contribution is 2.31. The molecule has 0 bridgehead atoms. The van der Waals surface area contributed by atoms with Crippen molar-refractivity contribution in [3.63, 3.8) is 0 Å². The average molecular weight is 236 g/mol. The van der Waals surface area contributed by atoms with E-state index in [1.54, 1.807) is 14.2 Å². The molecule has 1 fully saturated rings. The number of rotatable bonds is 3. The SMILES string of the molecule is COc1ccc(N2CCN(C)CC2)cc1OC. The summed E-state index contributed by atoms with van der Waals surface area (Å²) < 4.78 is 10.6. The molecule has 0 spiro atoms. The molecule has 0 aliphatic carbocycles. The van der Waals surface area contributed by atoms with Crippen molar-refractivity contribution < 1.29 is 9.47 Å². The maximum absolute atomic E-state index is 5.33. The van der Waals surface area contributed by atoms with Crippen LogP contribution in [0.5, 0.6) is 11.5 Å². The summed E-state index contributed by atoms with van der Waals surface area (Å²) in [5, 5.41) is 0. The normalized spacial score (nSPS) is 17.0. The van der Waals surface area contributed by atoms with Gasteiger partial charge >= 0.3 is 0 Å². The first-order valence-corrected chi connectivity index (χ1v) is 5.90. The fraction of sp³-hybridized carbons (Fsp3) is 0.538. The predicted octanol–water partition coefficient (Wildman–Crippen LogP) is 1.46. The van der Waals surface area contributed by atoms with Crippen LogP contribution in [0.1, 0.15) is 0 Å². The molecule has 4 heteroatoms. The first kappa shape index (κ1) is 12.0. The fourth-order valence-corrected chi connectivity index (χ4v) is 2.09. The number of likely N-dealkylation sites (N-methyl/N-ethyl adjacent to an activating group) is 1. The summed E-state index contributed by atoms with van der Waals surface area (Å²) >= 11 is 0. The number of methoxy groups -OCH3 is 2. The second kappa shape index (κ2) is 5.27. The van der Waals surface area contributed by atoms with E-state index in [2.05, 4.69) is 22.9 Å². The van der Waals surface area contributed by atoms with E-state index in [-0.39, 0.29) is 0 Å². The summed E-state index contributed by atoms with van der Waals surface area (Å²) in [4.78, 5) is 4.72. The molecule has 2 rings (SSSR count). The van der Waals surface area contributed by atoms with E-state index in [0.717, 1.165) is 37.7 Å². The van der Waals surface area contributed by atoms with Crippen LogP contribution in [0, 0.1) is 0 Å². The lowest BCUT2D eigenvalue weighted by molar-refractivity contribution is 0.312. The monoisotopic (exact) mass is 236 g/mol. The smallest absolute Gasteiger partial charge is 0.162 e. The molecule has 1 aliphatic heterocycles. The maximum atomic E-state index is 5.33. The first-order valence-electron chi connectivity index (χ1n) is 5.90. The second-order valence-electron chi connectivity index (χ2n) is 4.33. The van der Waals surface area contributed by atoms with Crippen molar-refractivity contribution in [3.8, 4) is 11.5 Å². The summed E-state index contributed by atoms with van der Waals surface area (Å²) in [6.07, 6.45) is 0. The minimum Gasteiger partial charge on any atom is -0.493 e. The molecule has 0 unspecified atom stereocenters. The van der Waals surface area contributed by atoms with Gasteiger partial charge in [-0.2, -0.15) is 0 Å². The lowest BCUT2D eigenvalue weighted by Gasteiger charge is -2.34. The van der Waals surface area contributed by atoms with Gasteiger partial charge in [-0.25, -0.2) is 0 Å². The number of hydrogen-bond acceptors (Lipinski definition) is 4. The zero-order valence-corrected chi connectivity index (χ0v) is 10.8. The van der Waals surface area contributed by atoms with Crippen molar-refractivity contribution in [2.45, 2.75) is 0 Å². The maximum Gasteiger partial charge on any atom is 0.162 e. The van der Waals surface area contributed by atoms with Crippen LogP contribution in [-0.4, -0.2) is 52.3 Å². The minimum absolute atomic E-state index is 0.783. The molecule has 17 heavy (non-hydrogen) atoms. The molecule has 1 aliphatic rings. The van der Waals surface area contributed by atoms with Crippen LogP contribution in [0.3, 0.4) is 0 Å². The number of ether oxygens (including phenoxy) is 2. The van der Waals surface area contributed by atoms with Crippen molar-refractivity contribution in [1.29, 1.82) is 0 Å². The molecule has 0 atom stereocenters. The quantitative estimate of drug-likeness (QED) is 0.793. The van der Waals surface area contributed by atoms with E-state index in [1.807, 2.05) is 12.1 Å². The van der Waals surface area contributed by atoms with Crippen LogP contribution in [0.2, 0.25) is 0 Å². The van der Waals surface area contributed by atoms with Crippen LogP contribution in [0.25, 0.3) is 0 Å². The Kier molecular flexibility index (Phi) is 3.74. The summed E-state index contributed by atoms with van der Waals surface area (Å²) in [6.45, 7) is 4.33. The van der Waals surface area contributed by atoms with Gasteiger partial charge in [-0.3, -0.25) is 0 Å². The Morgan fingerprint density at radius 3 is 2.18 bits per heavy atom. The summed E-state index contributed by atoms with van der Waals surface area (Å²) in [5.74, 6) is 1.58. The van der Waals surface area contributed by atoms with Crippen LogP contribution in [0.15, 0.2) is 18.2 Å². The highest BCUT2D eigenvalue weighted by Gasteiger charge is 2.15. The highest BCUT2D eigenvalue weighted by atomic mass is 16.5. The molecule has 0 saturated carbocycles. The molecule has 1 saturated heterocycles. The van der Waals surface area contributed by atoms with Crippen LogP contribution < -0.4 is 14.4 Å². The van der Waals surface area contributed by atoms with Crippen molar-refractivity contribution in [3.05, 3.63) is 18.2 Å². The number of benzene rings is 1. The van der Waals surface area contributed by atoms with Gasteiger partial charge < -0.3 is 19.3 Å². The summed E-state index contributed by atoms with van der Waals surface area (Å²) in [6, 6.07) is 6.10. The van der Waals surface area contributed by atoms with Crippen LogP contribution in [0.4, 0.5) is 5.69 Å². The van der Waals surface area contributed by atoms with Gasteiger partial charge in [-0.05, 0) is 19.2 Å². The third kappa shape index (κ3) is 2.64. The van der Waals surface area contributed by atoms with E-state index in [4.69, 9.17) is 9.47 Å². The Labute approximate surface area is 103 Å². The van der Waals surface area contributed by atoms with Gasteiger partial charge in [-0.15, -0.1) is 0 Å². The van der Waals surface area contributed by atoms with Crippen LogP contribution in [-0.2, 0) is 0 Å². The van der Waals surface area contributed by atoms with Gasteiger partial charge in [0.25, 0.3) is 0 Å². The van der Waals surface area contributed by atoms with Gasteiger partial charge in [0, 0.05) is 37.9 Å². The predicted molar refractivity (Wildman–Crippen MR) is 69.3 cm³/mol. The molecule has 0 amide bonds. The van der Waals surface area contributed by atoms with E-state index in [1.165, 1.54) is 5.69 Å². The molecule has 94 valence electrons. The van der Waals surface area contributed by atoms with Crippen LogP contribution >= 0.6 is 0 Å². The standard InChI is InChI=1S/C13H20N2O2/c1-14-6-8-15(9-7-14)11-4-5-12(16-2)13(10-11)17-3/h4-5,10H,6-9H2,1-3H3. The van der Waals surface area contributed by atoms with Crippen molar-refractivity contribution >= 4 is 5.69 Å². The lowest BCUT2D eigenvalue weighted by atomic mass is 10.2. The summed E-state index contributed by atoms with van der Waals surface area (Å²) in [5.41, 5.74) is 1.20. The Balaban J connectivity index is 2.16. The molecule has 1 heterocycles. The second-order valence-corrected chi connectivity index (χ2v) is 4.33. The van der Waals surface area contributed by atoms with E-state index in [9.17, 15) is 0 Å². The lowest BCUT2D eigenvalue weighted by Crippen LogP contribution is -2.44. The molecule has 0 N–H and O–H groups in total. The highest BCUT2D eigenvalue weighted by molar-refractivity contribution is 5.56. The first-order chi connectivity index (χ1) is 8.24. The van der Waals surface area contributed by atoms with Crippen molar-refractivity contribution in [2.75, 3.05) is 52.3 Å². The van der Waals surface area contributed by atoms with Gasteiger partial charge in [0.15, 0.2) is 11.5 Å². The van der Waals surface area contributed by atoms with E-state index < -0.39 is 0 Å². The van der Waals surface area contributed by atoms with E-state index >= 15 is 0 Å². The van der Waals surface area contributed by atoms with Crippen molar-refractivity contribution in [2.24, 2.45) is 0 Å². The number of nitrogens with zero attached hydrogens (tertiary/aromatic N) is 2. The average Bonchev–Trinajstić information content (AvgIpc) is 2.39. The van der Waals surface area contributed by atoms with E-state index in [0.29, 0.717) is 0 Å². The summed E-state index contributed by atoms with van der Waals surface area (Å²) in [7, 11) is 5.49. The Morgan fingerprint density at radius 1 is 0.941 bits per heavy atom. The molecular formula is C13H20N2O2. The molecule has 1 aromatic carbocycles. The van der Waals surface area contributed by atoms with Gasteiger partial charge in [-0.1, -0.05) is 0 Å². The topological polar surface area (TPSA) is 24.9 Å². The molecular weight excluding hydrogens is 216 g/mol.